The molecule has 1 aliphatic heterocycles. The molecule has 4 nitrogen and oxygen atoms in total. The fraction of sp³-hybridized carbons (Fsp3) is 0.208. The summed E-state index contributed by atoms with van der Waals surface area (Å²) in [5.41, 5.74) is 4.16. The second-order valence-corrected chi connectivity index (χ2v) is 7.18. The van der Waals surface area contributed by atoms with E-state index in [-0.39, 0.29) is 17.7 Å². The number of carbonyl (C=O) groups excluding carboxylic acids is 1. The Morgan fingerprint density at radius 2 is 1.75 bits per heavy atom. The molecule has 0 aliphatic carbocycles. The van der Waals surface area contributed by atoms with Gasteiger partial charge < -0.3 is 15.7 Å². The molecule has 142 valence electrons. The number of phenols is 1. The fourth-order valence-corrected chi connectivity index (χ4v) is 3.69. The molecule has 4 heteroatoms. The molecular formula is C24H24N2O2. The van der Waals surface area contributed by atoms with Crippen molar-refractivity contribution in [2.24, 2.45) is 0 Å². The van der Waals surface area contributed by atoms with Crippen molar-refractivity contribution in [3.8, 4) is 16.9 Å². The van der Waals surface area contributed by atoms with Crippen LogP contribution in [0.2, 0.25) is 0 Å². The van der Waals surface area contributed by atoms with Gasteiger partial charge in [0.2, 0.25) is 0 Å². The molecular weight excluding hydrogens is 348 g/mol. The summed E-state index contributed by atoms with van der Waals surface area (Å²) in [6, 6.07) is 23.3. The Labute approximate surface area is 165 Å². The average molecular weight is 372 g/mol. The van der Waals surface area contributed by atoms with E-state index in [1.54, 1.807) is 12.1 Å². The minimum Gasteiger partial charge on any atom is -0.507 e. The van der Waals surface area contributed by atoms with Gasteiger partial charge in [-0.1, -0.05) is 55.0 Å². The van der Waals surface area contributed by atoms with Gasteiger partial charge in [-0.2, -0.15) is 0 Å². The third-order valence-corrected chi connectivity index (χ3v) is 5.21. The van der Waals surface area contributed by atoms with Crippen molar-refractivity contribution in [1.82, 2.24) is 5.32 Å². The molecule has 1 aliphatic rings. The molecule has 1 heterocycles. The highest BCUT2D eigenvalue weighted by atomic mass is 16.3. The van der Waals surface area contributed by atoms with Crippen LogP contribution in [0.1, 0.15) is 41.2 Å². The van der Waals surface area contributed by atoms with Crippen LogP contribution in [-0.2, 0) is 0 Å². The summed E-state index contributed by atoms with van der Waals surface area (Å²) in [4.78, 5) is 12.8. The minimum atomic E-state index is -0.305. The first-order chi connectivity index (χ1) is 13.7. The number of carbonyl (C=O) groups is 1. The Hall–Kier alpha value is -3.11. The molecule has 28 heavy (non-hydrogen) atoms. The molecule has 1 unspecified atom stereocenters. The lowest BCUT2D eigenvalue weighted by molar-refractivity contribution is 0.102. The summed E-state index contributed by atoms with van der Waals surface area (Å²) in [6.45, 7) is 0.985. The van der Waals surface area contributed by atoms with Crippen molar-refractivity contribution in [1.29, 1.82) is 0 Å². The van der Waals surface area contributed by atoms with Crippen LogP contribution in [0.3, 0.4) is 0 Å². The van der Waals surface area contributed by atoms with Gasteiger partial charge in [0.05, 0.1) is 5.56 Å². The Morgan fingerprint density at radius 3 is 2.54 bits per heavy atom. The highest BCUT2D eigenvalue weighted by Crippen LogP contribution is 2.28. The monoisotopic (exact) mass is 372 g/mol. The molecule has 0 saturated carbocycles. The first kappa shape index (κ1) is 18.3. The number of hydrogen-bond donors (Lipinski definition) is 3. The lowest BCUT2D eigenvalue weighted by atomic mass is 9.95. The SMILES string of the molecule is O=C(Nc1cccc(-c2ccccc2)c1)c1cc(C2CCCCN2)ccc1O. The maximum atomic E-state index is 12.8. The summed E-state index contributed by atoms with van der Waals surface area (Å²) < 4.78 is 0. The van der Waals surface area contributed by atoms with Crippen LogP contribution in [0.4, 0.5) is 5.69 Å². The topological polar surface area (TPSA) is 61.4 Å². The van der Waals surface area contributed by atoms with E-state index in [1.165, 1.54) is 12.8 Å². The average Bonchev–Trinajstić information content (AvgIpc) is 2.75. The Kier molecular flexibility index (Phi) is 5.40. The van der Waals surface area contributed by atoms with Crippen molar-refractivity contribution >= 4 is 11.6 Å². The molecule has 1 fully saturated rings. The second-order valence-electron chi connectivity index (χ2n) is 7.18. The van der Waals surface area contributed by atoms with Crippen LogP contribution in [-0.4, -0.2) is 17.6 Å². The largest absolute Gasteiger partial charge is 0.507 e. The lowest BCUT2D eigenvalue weighted by Crippen LogP contribution is -2.27. The van der Waals surface area contributed by atoms with Gasteiger partial charge in [-0.25, -0.2) is 0 Å². The van der Waals surface area contributed by atoms with E-state index in [2.05, 4.69) is 10.6 Å². The highest BCUT2D eigenvalue weighted by molar-refractivity contribution is 6.06. The van der Waals surface area contributed by atoms with Crippen molar-refractivity contribution in [2.45, 2.75) is 25.3 Å². The molecule has 3 aromatic carbocycles. The second kappa shape index (κ2) is 8.28. The summed E-state index contributed by atoms with van der Waals surface area (Å²) in [7, 11) is 0. The molecule has 1 amide bonds. The van der Waals surface area contributed by atoms with Crippen LogP contribution >= 0.6 is 0 Å². The lowest BCUT2D eigenvalue weighted by Gasteiger charge is -2.24. The molecule has 1 saturated heterocycles. The predicted octanol–water partition coefficient (Wildman–Crippen LogP) is 5.13. The number of anilines is 1. The third-order valence-electron chi connectivity index (χ3n) is 5.21. The molecule has 0 aromatic heterocycles. The van der Waals surface area contributed by atoms with Crippen LogP contribution in [0, 0.1) is 0 Å². The third kappa shape index (κ3) is 4.07. The normalized spacial score (nSPS) is 16.5. The Balaban J connectivity index is 1.55. The minimum absolute atomic E-state index is 0.00345. The van der Waals surface area contributed by atoms with Crippen molar-refractivity contribution in [3.05, 3.63) is 83.9 Å². The first-order valence-electron chi connectivity index (χ1n) is 9.74. The van der Waals surface area contributed by atoms with Gasteiger partial charge in [0.15, 0.2) is 0 Å². The summed E-state index contributed by atoms with van der Waals surface area (Å²) >= 11 is 0. The summed E-state index contributed by atoms with van der Waals surface area (Å²) in [5.74, 6) is -0.309. The van der Waals surface area contributed by atoms with Crippen LogP contribution in [0.25, 0.3) is 11.1 Å². The molecule has 3 N–H and O–H groups in total. The fourth-order valence-electron chi connectivity index (χ4n) is 3.69. The first-order valence-corrected chi connectivity index (χ1v) is 9.74. The van der Waals surface area contributed by atoms with E-state index in [4.69, 9.17) is 0 Å². The van der Waals surface area contributed by atoms with Crippen LogP contribution in [0.15, 0.2) is 72.8 Å². The van der Waals surface area contributed by atoms with Gasteiger partial charge in [-0.05, 0) is 60.3 Å². The van der Waals surface area contributed by atoms with E-state index < -0.39 is 0 Å². The number of benzene rings is 3. The molecule has 0 radical (unpaired) electrons. The zero-order chi connectivity index (χ0) is 19.3. The molecule has 0 spiro atoms. The predicted molar refractivity (Wildman–Crippen MR) is 113 cm³/mol. The maximum absolute atomic E-state index is 12.8. The smallest absolute Gasteiger partial charge is 0.259 e. The molecule has 4 rings (SSSR count). The standard InChI is InChI=1S/C24H24N2O2/c27-23-13-12-19(22-11-4-5-14-25-22)16-21(23)24(28)26-20-10-6-9-18(15-20)17-7-2-1-3-8-17/h1-3,6-10,12-13,15-16,22,25,27H,4-5,11,14H2,(H,26,28). The van der Waals surface area contributed by atoms with Crippen molar-refractivity contribution in [3.63, 3.8) is 0 Å². The van der Waals surface area contributed by atoms with E-state index in [1.807, 2.05) is 60.7 Å². The Morgan fingerprint density at radius 1 is 0.929 bits per heavy atom. The number of hydrogen-bond acceptors (Lipinski definition) is 3. The quantitative estimate of drug-likeness (QED) is 0.595. The number of amides is 1. The number of rotatable bonds is 4. The van der Waals surface area contributed by atoms with Gasteiger partial charge >= 0.3 is 0 Å². The van der Waals surface area contributed by atoms with E-state index in [9.17, 15) is 9.90 Å². The van der Waals surface area contributed by atoms with E-state index >= 15 is 0 Å². The van der Waals surface area contributed by atoms with Crippen molar-refractivity contribution in [2.75, 3.05) is 11.9 Å². The summed E-state index contributed by atoms with van der Waals surface area (Å²) in [6.07, 6.45) is 3.40. The van der Waals surface area contributed by atoms with Gasteiger partial charge in [-0.3, -0.25) is 4.79 Å². The van der Waals surface area contributed by atoms with Gasteiger partial charge in [0.25, 0.3) is 5.91 Å². The van der Waals surface area contributed by atoms with Gasteiger partial charge in [0, 0.05) is 11.7 Å². The zero-order valence-electron chi connectivity index (χ0n) is 15.7. The van der Waals surface area contributed by atoms with E-state index in [0.29, 0.717) is 11.3 Å². The number of aromatic hydroxyl groups is 1. The van der Waals surface area contributed by atoms with Crippen LogP contribution < -0.4 is 10.6 Å². The maximum Gasteiger partial charge on any atom is 0.259 e. The van der Waals surface area contributed by atoms with Gasteiger partial charge in [0.1, 0.15) is 5.75 Å². The van der Waals surface area contributed by atoms with Crippen LogP contribution in [0.5, 0.6) is 5.75 Å². The molecule has 3 aromatic rings. The number of piperidine rings is 1. The van der Waals surface area contributed by atoms with Gasteiger partial charge in [-0.15, -0.1) is 0 Å². The number of nitrogens with one attached hydrogen (secondary N) is 2. The Bertz CT molecular complexity index is 963. The number of phenolic OH excluding ortho intramolecular Hbond substituents is 1. The zero-order valence-corrected chi connectivity index (χ0v) is 15.7. The highest BCUT2D eigenvalue weighted by Gasteiger charge is 2.18. The molecule has 1 atom stereocenters. The van der Waals surface area contributed by atoms with E-state index in [0.717, 1.165) is 29.7 Å². The van der Waals surface area contributed by atoms with Crippen molar-refractivity contribution < 1.29 is 9.90 Å². The molecule has 0 bridgehead atoms. The summed E-state index contributed by atoms with van der Waals surface area (Å²) in [5, 5.41) is 16.6.